The summed E-state index contributed by atoms with van der Waals surface area (Å²) in [6.07, 6.45) is 0.256. The number of sulfonamides is 1. The van der Waals surface area contributed by atoms with Crippen LogP contribution in [-0.4, -0.2) is 50.9 Å². The normalized spacial score (nSPS) is 11.8. The van der Waals surface area contributed by atoms with E-state index in [9.17, 15) is 18.0 Å². The van der Waals surface area contributed by atoms with Gasteiger partial charge in [0.05, 0.1) is 17.2 Å². The summed E-state index contributed by atoms with van der Waals surface area (Å²) in [5.74, 6) is -0.291. The summed E-state index contributed by atoms with van der Waals surface area (Å²) in [5.41, 5.74) is 2.00. The fraction of sp³-hybridized carbons (Fsp3) is 0.235. The molecule has 2 amide bonds. The summed E-state index contributed by atoms with van der Waals surface area (Å²) < 4.78 is 35.6. The minimum atomic E-state index is -4.18. The maximum absolute atomic E-state index is 14.4. The summed E-state index contributed by atoms with van der Waals surface area (Å²) in [5, 5.41) is 2.87. The van der Waals surface area contributed by atoms with Crippen LogP contribution in [0.5, 0.6) is 5.75 Å². The van der Waals surface area contributed by atoms with Crippen LogP contribution in [0.1, 0.15) is 25.0 Å². The number of nitrogens with one attached hydrogen (secondary N) is 1. The first-order valence-electron chi connectivity index (χ1n) is 14.4. The van der Waals surface area contributed by atoms with Crippen LogP contribution in [0.2, 0.25) is 0 Å². The van der Waals surface area contributed by atoms with Crippen molar-refractivity contribution in [3.63, 3.8) is 0 Å². The first-order chi connectivity index (χ1) is 21.2. The van der Waals surface area contributed by atoms with Crippen molar-refractivity contribution in [2.75, 3.05) is 24.0 Å². The van der Waals surface area contributed by atoms with Gasteiger partial charge in [0, 0.05) is 24.0 Å². The van der Waals surface area contributed by atoms with Crippen molar-refractivity contribution >= 4 is 43.5 Å². The van der Waals surface area contributed by atoms with Gasteiger partial charge in [0.2, 0.25) is 11.8 Å². The smallest absolute Gasteiger partial charge is 0.264 e. The number of hydrogen-bond donors (Lipinski definition) is 1. The third-order valence-corrected chi connectivity index (χ3v) is 9.25. The monoisotopic (exact) mass is 677 g/mol. The molecule has 0 heterocycles. The number of ether oxygens (including phenoxy) is 1. The minimum Gasteiger partial charge on any atom is -0.494 e. The van der Waals surface area contributed by atoms with Gasteiger partial charge in [-0.15, -0.1) is 0 Å². The summed E-state index contributed by atoms with van der Waals surface area (Å²) in [4.78, 5) is 29.4. The maximum atomic E-state index is 14.4. The number of carbonyl (C=O) groups is 2. The predicted octanol–water partition coefficient (Wildman–Crippen LogP) is 5.82. The second-order valence-corrected chi connectivity index (χ2v) is 12.8. The van der Waals surface area contributed by atoms with Gasteiger partial charge in [0.25, 0.3) is 10.0 Å². The molecule has 44 heavy (non-hydrogen) atoms. The molecular formula is C34H36BrN3O5S. The third kappa shape index (κ3) is 8.48. The number of nitrogens with zero attached hydrogens (tertiary/aromatic N) is 2. The molecule has 0 fully saturated rings. The van der Waals surface area contributed by atoms with Gasteiger partial charge < -0.3 is 15.0 Å². The fourth-order valence-electron chi connectivity index (χ4n) is 4.76. The Hall–Kier alpha value is -4.15. The zero-order chi connectivity index (χ0) is 31.5. The molecule has 1 N–H and O–H groups in total. The first kappa shape index (κ1) is 32.8. The molecule has 0 radical (unpaired) electrons. The van der Waals surface area contributed by atoms with Crippen molar-refractivity contribution in [3.8, 4) is 5.75 Å². The van der Waals surface area contributed by atoms with Crippen molar-refractivity contribution in [1.29, 1.82) is 0 Å². The van der Waals surface area contributed by atoms with Gasteiger partial charge in [-0.2, -0.15) is 0 Å². The van der Waals surface area contributed by atoms with E-state index < -0.39 is 28.5 Å². The number of amides is 2. The Morgan fingerprint density at radius 3 is 2.02 bits per heavy atom. The highest BCUT2D eigenvalue weighted by Gasteiger charge is 2.34. The highest BCUT2D eigenvalue weighted by molar-refractivity contribution is 9.10. The molecule has 0 aliphatic rings. The molecule has 0 saturated heterocycles. The van der Waals surface area contributed by atoms with Crippen LogP contribution >= 0.6 is 15.9 Å². The molecule has 1 atom stereocenters. The van der Waals surface area contributed by atoms with E-state index in [0.29, 0.717) is 24.6 Å². The predicted molar refractivity (Wildman–Crippen MR) is 176 cm³/mol. The molecule has 4 aromatic rings. The number of rotatable bonds is 14. The van der Waals surface area contributed by atoms with Crippen molar-refractivity contribution < 1.29 is 22.7 Å². The van der Waals surface area contributed by atoms with Gasteiger partial charge >= 0.3 is 0 Å². The molecule has 0 spiro atoms. The standard InChI is InChI=1S/C34H36BrN3O5S/c1-3-36-34(40)32(23-26-11-7-5-8-12-26)37(24-27-15-17-28(35)18-16-27)33(39)25-38(29-13-9-6-10-14-29)44(41,42)31-21-19-30(20-22-31)43-4-2/h5-22,32H,3-4,23-25H2,1-2H3,(H,36,40)/t32-/m0/s1. The first-order valence-corrected chi connectivity index (χ1v) is 16.6. The van der Waals surface area contributed by atoms with Gasteiger partial charge in [-0.3, -0.25) is 13.9 Å². The van der Waals surface area contributed by atoms with Crippen molar-refractivity contribution in [2.45, 2.75) is 37.8 Å². The molecule has 230 valence electrons. The van der Waals surface area contributed by atoms with E-state index >= 15 is 0 Å². The van der Waals surface area contributed by atoms with E-state index in [1.165, 1.54) is 17.0 Å². The Bertz CT molecular complexity index is 1620. The lowest BCUT2D eigenvalue weighted by Gasteiger charge is -2.33. The molecule has 0 bridgehead atoms. The topological polar surface area (TPSA) is 96.0 Å². The summed E-state index contributed by atoms with van der Waals surface area (Å²) in [6, 6.07) is 30.6. The van der Waals surface area contributed by atoms with E-state index in [2.05, 4.69) is 21.2 Å². The van der Waals surface area contributed by atoms with Crippen LogP contribution in [0.4, 0.5) is 5.69 Å². The molecular weight excluding hydrogens is 642 g/mol. The number of para-hydroxylation sites is 1. The molecule has 4 aromatic carbocycles. The Morgan fingerprint density at radius 1 is 0.818 bits per heavy atom. The Labute approximate surface area is 267 Å². The maximum Gasteiger partial charge on any atom is 0.264 e. The van der Waals surface area contributed by atoms with Crippen LogP contribution in [-0.2, 0) is 32.6 Å². The van der Waals surface area contributed by atoms with E-state index in [1.54, 1.807) is 42.5 Å². The summed E-state index contributed by atoms with van der Waals surface area (Å²) in [7, 11) is -4.18. The second-order valence-electron chi connectivity index (χ2n) is 10.00. The summed E-state index contributed by atoms with van der Waals surface area (Å²) >= 11 is 3.45. The highest BCUT2D eigenvalue weighted by atomic mass is 79.9. The van der Waals surface area contributed by atoms with E-state index in [-0.39, 0.29) is 23.8 Å². The molecule has 0 aromatic heterocycles. The molecule has 0 aliphatic carbocycles. The number of halogens is 1. The van der Waals surface area contributed by atoms with E-state index in [0.717, 1.165) is 19.9 Å². The molecule has 8 nitrogen and oxygen atoms in total. The molecule has 0 unspecified atom stereocenters. The Morgan fingerprint density at radius 2 is 1.43 bits per heavy atom. The van der Waals surface area contributed by atoms with Crippen LogP contribution in [0, 0.1) is 0 Å². The average Bonchev–Trinajstić information content (AvgIpc) is 3.03. The van der Waals surface area contributed by atoms with E-state index in [1.807, 2.05) is 68.4 Å². The lowest BCUT2D eigenvalue weighted by molar-refractivity contribution is -0.140. The number of hydrogen-bond acceptors (Lipinski definition) is 5. The van der Waals surface area contributed by atoms with Gasteiger partial charge in [0.15, 0.2) is 0 Å². The van der Waals surface area contributed by atoms with Crippen molar-refractivity contribution in [1.82, 2.24) is 10.2 Å². The van der Waals surface area contributed by atoms with Crippen molar-refractivity contribution in [3.05, 3.63) is 125 Å². The third-order valence-electron chi connectivity index (χ3n) is 6.93. The number of anilines is 1. The van der Waals surface area contributed by atoms with Crippen LogP contribution in [0.15, 0.2) is 119 Å². The van der Waals surface area contributed by atoms with E-state index in [4.69, 9.17) is 4.74 Å². The number of likely N-dealkylation sites (N-methyl/N-ethyl adjacent to an activating group) is 1. The number of benzene rings is 4. The van der Waals surface area contributed by atoms with Crippen LogP contribution in [0.3, 0.4) is 0 Å². The van der Waals surface area contributed by atoms with Crippen molar-refractivity contribution in [2.24, 2.45) is 0 Å². The van der Waals surface area contributed by atoms with Crippen LogP contribution in [0.25, 0.3) is 0 Å². The molecule has 10 heteroatoms. The average molecular weight is 679 g/mol. The second kappa shape index (κ2) is 15.5. The minimum absolute atomic E-state index is 0.0154. The van der Waals surface area contributed by atoms with Gasteiger partial charge in [0.1, 0.15) is 18.3 Å². The van der Waals surface area contributed by atoms with Crippen LogP contribution < -0.4 is 14.4 Å². The quantitative estimate of drug-likeness (QED) is 0.182. The molecule has 4 rings (SSSR count). The fourth-order valence-corrected chi connectivity index (χ4v) is 6.44. The Kier molecular flexibility index (Phi) is 11.6. The highest BCUT2D eigenvalue weighted by Crippen LogP contribution is 2.26. The number of carbonyl (C=O) groups excluding carboxylic acids is 2. The lowest BCUT2D eigenvalue weighted by atomic mass is 10.0. The molecule has 0 aliphatic heterocycles. The largest absolute Gasteiger partial charge is 0.494 e. The SMILES string of the molecule is CCNC(=O)[C@H](Cc1ccccc1)N(Cc1ccc(Br)cc1)C(=O)CN(c1ccccc1)S(=O)(=O)c1ccc(OCC)cc1. The zero-order valence-electron chi connectivity index (χ0n) is 24.7. The van der Waals surface area contributed by atoms with Gasteiger partial charge in [-0.05, 0) is 73.5 Å². The molecule has 0 saturated carbocycles. The zero-order valence-corrected chi connectivity index (χ0v) is 27.1. The van der Waals surface area contributed by atoms with Gasteiger partial charge in [-0.1, -0.05) is 76.6 Å². The Balaban J connectivity index is 1.76. The summed E-state index contributed by atoms with van der Waals surface area (Å²) in [6.45, 7) is 4.08. The van der Waals surface area contributed by atoms with Gasteiger partial charge in [-0.25, -0.2) is 8.42 Å². The lowest BCUT2D eigenvalue weighted by Crippen LogP contribution is -2.53.